The Morgan fingerprint density at radius 3 is 2.89 bits per heavy atom. The fourth-order valence-electron chi connectivity index (χ4n) is 2.15. The molecular weight excluding hydrogens is 222 g/mol. The van der Waals surface area contributed by atoms with Crippen molar-refractivity contribution in [1.29, 1.82) is 0 Å². The quantitative estimate of drug-likeness (QED) is 0.875. The first-order valence-corrected chi connectivity index (χ1v) is 6.51. The van der Waals surface area contributed by atoms with Crippen LogP contribution >= 0.6 is 0 Å². The van der Waals surface area contributed by atoms with Crippen LogP contribution in [-0.4, -0.2) is 16.8 Å². The summed E-state index contributed by atoms with van der Waals surface area (Å²) >= 11 is 0. The standard InChI is InChI=1S/C15H21N3/c1-4-7-18-11-14(10-17-18)15-8-13(9-16-3)6-5-12(15)2/h5-6,8,10-11,16H,4,7,9H2,1-3H3. The first-order chi connectivity index (χ1) is 8.74. The molecule has 2 aromatic rings. The molecule has 0 amide bonds. The third-order valence-electron chi connectivity index (χ3n) is 3.08. The minimum atomic E-state index is 0.899. The lowest BCUT2D eigenvalue weighted by Crippen LogP contribution is -2.05. The Kier molecular flexibility index (Phi) is 4.15. The van der Waals surface area contributed by atoms with Crippen LogP contribution in [0.15, 0.2) is 30.6 Å². The van der Waals surface area contributed by atoms with Crippen molar-refractivity contribution in [2.75, 3.05) is 7.05 Å². The van der Waals surface area contributed by atoms with Crippen LogP contribution in [0.25, 0.3) is 11.1 Å². The summed E-state index contributed by atoms with van der Waals surface area (Å²) in [6.45, 7) is 6.20. The Morgan fingerprint density at radius 2 is 2.17 bits per heavy atom. The van der Waals surface area contributed by atoms with Gasteiger partial charge in [0.1, 0.15) is 0 Å². The first-order valence-electron chi connectivity index (χ1n) is 6.51. The van der Waals surface area contributed by atoms with Gasteiger partial charge in [-0.15, -0.1) is 0 Å². The number of aryl methyl sites for hydroxylation is 2. The van der Waals surface area contributed by atoms with Crippen molar-refractivity contribution in [2.24, 2.45) is 0 Å². The van der Waals surface area contributed by atoms with E-state index in [2.05, 4.69) is 48.7 Å². The summed E-state index contributed by atoms with van der Waals surface area (Å²) < 4.78 is 2.01. The minimum absolute atomic E-state index is 0.899. The Bertz CT molecular complexity index is 514. The number of nitrogens with one attached hydrogen (secondary N) is 1. The topological polar surface area (TPSA) is 29.9 Å². The summed E-state index contributed by atoms with van der Waals surface area (Å²) in [5.74, 6) is 0. The van der Waals surface area contributed by atoms with Crippen LogP contribution in [0.1, 0.15) is 24.5 Å². The van der Waals surface area contributed by atoms with Gasteiger partial charge >= 0.3 is 0 Å². The third-order valence-corrected chi connectivity index (χ3v) is 3.08. The van der Waals surface area contributed by atoms with Crippen molar-refractivity contribution in [2.45, 2.75) is 33.4 Å². The van der Waals surface area contributed by atoms with Crippen LogP contribution < -0.4 is 5.32 Å². The number of rotatable bonds is 5. The summed E-state index contributed by atoms with van der Waals surface area (Å²) in [6, 6.07) is 6.60. The highest BCUT2D eigenvalue weighted by Crippen LogP contribution is 2.24. The zero-order valence-electron chi connectivity index (χ0n) is 11.4. The fraction of sp³-hybridized carbons (Fsp3) is 0.400. The summed E-state index contributed by atoms with van der Waals surface area (Å²) in [7, 11) is 1.97. The van der Waals surface area contributed by atoms with E-state index in [1.807, 2.05) is 17.9 Å². The summed E-state index contributed by atoms with van der Waals surface area (Å²) in [5, 5.41) is 7.59. The molecule has 0 spiro atoms. The Balaban J connectivity index is 2.32. The number of aromatic nitrogens is 2. The molecule has 0 radical (unpaired) electrons. The van der Waals surface area contributed by atoms with Crippen LogP contribution in [0.3, 0.4) is 0 Å². The molecule has 3 heteroatoms. The third kappa shape index (κ3) is 2.79. The van der Waals surface area contributed by atoms with E-state index in [1.54, 1.807) is 0 Å². The number of nitrogens with zero attached hydrogens (tertiary/aromatic N) is 2. The van der Waals surface area contributed by atoms with E-state index < -0.39 is 0 Å². The summed E-state index contributed by atoms with van der Waals surface area (Å²) in [5.41, 5.74) is 5.09. The second-order valence-electron chi connectivity index (χ2n) is 4.67. The molecule has 0 fully saturated rings. The van der Waals surface area contributed by atoms with Gasteiger partial charge in [-0.2, -0.15) is 5.10 Å². The summed E-state index contributed by atoms with van der Waals surface area (Å²) in [4.78, 5) is 0. The molecule has 0 saturated heterocycles. The average Bonchev–Trinajstić information content (AvgIpc) is 2.81. The molecule has 1 heterocycles. The van der Waals surface area contributed by atoms with Gasteiger partial charge in [-0.3, -0.25) is 4.68 Å². The normalized spacial score (nSPS) is 10.8. The van der Waals surface area contributed by atoms with Gasteiger partial charge in [0.05, 0.1) is 6.20 Å². The zero-order valence-corrected chi connectivity index (χ0v) is 11.4. The van der Waals surface area contributed by atoms with Crippen molar-refractivity contribution in [3.8, 4) is 11.1 Å². The molecule has 1 aromatic carbocycles. The van der Waals surface area contributed by atoms with E-state index in [1.165, 1.54) is 22.3 Å². The highest BCUT2D eigenvalue weighted by molar-refractivity contribution is 5.66. The molecule has 3 nitrogen and oxygen atoms in total. The number of hydrogen-bond donors (Lipinski definition) is 1. The van der Waals surface area contributed by atoms with Crippen LogP contribution in [0.4, 0.5) is 0 Å². The largest absolute Gasteiger partial charge is 0.316 e. The maximum absolute atomic E-state index is 4.40. The van der Waals surface area contributed by atoms with Crippen LogP contribution in [0.5, 0.6) is 0 Å². The average molecular weight is 243 g/mol. The highest BCUT2D eigenvalue weighted by Gasteiger charge is 2.06. The zero-order chi connectivity index (χ0) is 13.0. The molecule has 0 saturated carbocycles. The van der Waals surface area contributed by atoms with Gasteiger partial charge < -0.3 is 5.32 Å². The molecule has 18 heavy (non-hydrogen) atoms. The van der Waals surface area contributed by atoms with Crippen molar-refractivity contribution >= 4 is 0 Å². The molecule has 0 bridgehead atoms. The van der Waals surface area contributed by atoms with Gasteiger partial charge in [0.15, 0.2) is 0 Å². The van der Waals surface area contributed by atoms with E-state index >= 15 is 0 Å². The Hall–Kier alpha value is -1.61. The second-order valence-corrected chi connectivity index (χ2v) is 4.67. The molecule has 0 aliphatic heterocycles. The molecule has 1 N–H and O–H groups in total. The molecule has 96 valence electrons. The maximum Gasteiger partial charge on any atom is 0.0568 e. The van der Waals surface area contributed by atoms with Crippen LogP contribution in [0.2, 0.25) is 0 Å². The highest BCUT2D eigenvalue weighted by atomic mass is 15.3. The van der Waals surface area contributed by atoms with E-state index in [0.717, 1.165) is 19.5 Å². The van der Waals surface area contributed by atoms with Gasteiger partial charge in [0.2, 0.25) is 0 Å². The number of benzene rings is 1. The van der Waals surface area contributed by atoms with Gasteiger partial charge in [-0.25, -0.2) is 0 Å². The predicted octanol–water partition coefficient (Wildman–Crippen LogP) is 2.99. The van der Waals surface area contributed by atoms with E-state index in [-0.39, 0.29) is 0 Å². The SMILES string of the molecule is CCCn1cc(-c2cc(CNC)ccc2C)cn1. The van der Waals surface area contributed by atoms with Gasteiger partial charge in [-0.1, -0.05) is 19.1 Å². The lowest BCUT2D eigenvalue weighted by atomic mass is 10.0. The molecule has 0 atom stereocenters. The first kappa shape index (κ1) is 12.8. The van der Waals surface area contributed by atoms with Crippen LogP contribution in [0, 0.1) is 6.92 Å². The Morgan fingerprint density at radius 1 is 1.33 bits per heavy atom. The van der Waals surface area contributed by atoms with Crippen molar-refractivity contribution in [3.63, 3.8) is 0 Å². The monoisotopic (exact) mass is 243 g/mol. The molecule has 1 aromatic heterocycles. The van der Waals surface area contributed by atoms with Crippen molar-refractivity contribution in [1.82, 2.24) is 15.1 Å². The lowest BCUT2D eigenvalue weighted by Gasteiger charge is -2.07. The van der Waals surface area contributed by atoms with E-state index in [0.29, 0.717) is 0 Å². The van der Waals surface area contributed by atoms with Gasteiger partial charge in [-0.05, 0) is 43.1 Å². The minimum Gasteiger partial charge on any atom is -0.316 e. The molecule has 0 aliphatic rings. The maximum atomic E-state index is 4.40. The second kappa shape index (κ2) is 5.83. The smallest absolute Gasteiger partial charge is 0.0568 e. The molecular formula is C15H21N3. The molecule has 2 rings (SSSR count). The number of hydrogen-bond acceptors (Lipinski definition) is 2. The van der Waals surface area contributed by atoms with Gasteiger partial charge in [0, 0.05) is 24.8 Å². The van der Waals surface area contributed by atoms with E-state index in [9.17, 15) is 0 Å². The van der Waals surface area contributed by atoms with Gasteiger partial charge in [0.25, 0.3) is 0 Å². The van der Waals surface area contributed by atoms with Crippen molar-refractivity contribution < 1.29 is 0 Å². The van der Waals surface area contributed by atoms with Crippen molar-refractivity contribution in [3.05, 3.63) is 41.7 Å². The fourth-order valence-corrected chi connectivity index (χ4v) is 2.15. The van der Waals surface area contributed by atoms with E-state index in [4.69, 9.17) is 0 Å². The molecule has 0 aliphatic carbocycles. The Labute approximate surface area is 109 Å². The lowest BCUT2D eigenvalue weighted by molar-refractivity contribution is 0.603. The van der Waals surface area contributed by atoms with Crippen LogP contribution in [-0.2, 0) is 13.1 Å². The predicted molar refractivity (Wildman–Crippen MR) is 75.5 cm³/mol. The molecule has 0 unspecified atom stereocenters. The summed E-state index contributed by atoms with van der Waals surface area (Å²) in [6.07, 6.45) is 5.20.